The van der Waals surface area contributed by atoms with Crippen molar-refractivity contribution in [1.29, 1.82) is 0 Å². The van der Waals surface area contributed by atoms with Gasteiger partial charge in [-0.1, -0.05) is 13.3 Å². The van der Waals surface area contributed by atoms with E-state index in [4.69, 9.17) is 10.5 Å². The highest BCUT2D eigenvalue weighted by molar-refractivity contribution is 5.39. The molecule has 112 valence electrons. The van der Waals surface area contributed by atoms with Gasteiger partial charge < -0.3 is 15.4 Å². The standard InChI is InChI=1S/C15H26N4O/c1-3-8-20-15-11-17-10-14(18-15)19(4-2)13-7-5-6-12(13)9-16/h10-13H,3-9,16H2,1-2H3. The Kier molecular flexibility index (Phi) is 5.59. The zero-order valence-electron chi connectivity index (χ0n) is 12.6. The first-order valence-corrected chi connectivity index (χ1v) is 7.71. The Balaban J connectivity index is 2.14. The number of aromatic nitrogens is 2. The van der Waals surface area contributed by atoms with E-state index in [9.17, 15) is 0 Å². The summed E-state index contributed by atoms with van der Waals surface area (Å²) in [5.41, 5.74) is 5.90. The molecule has 0 saturated heterocycles. The van der Waals surface area contributed by atoms with Gasteiger partial charge in [0, 0.05) is 12.6 Å². The van der Waals surface area contributed by atoms with E-state index in [0.717, 1.165) is 25.3 Å². The number of ether oxygens (including phenoxy) is 1. The molecule has 5 nitrogen and oxygen atoms in total. The minimum atomic E-state index is 0.487. The van der Waals surface area contributed by atoms with Gasteiger partial charge in [-0.2, -0.15) is 4.98 Å². The van der Waals surface area contributed by atoms with E-state index in [2.05, 4.69) is 28.7 Å². The van der Waals surface area contributed by atoms with Gasteiger partial charge in [-0.05, 0) is 38.6 Å². The summed E-state index contributed by atoms with van der Waals surface area (Å²) >= 11 is 0. The molecule has 20 heavy (non-hydrogen) atoms. The molecule has 5 heteroatoms. The van der Waals surface area contributed by atoms with Crippen molar-refractivity contribution in [2.75, 3.05) is 24.6 Å². The summed E-state index contributed by atoms with van der Waals surface area (Å²) in [6.07, 6.45) is 8.15. The van der Waals surface area contributed by atoms with Gasteiger partial charge in [0.05, 0.1) is 19.0 Å². The van der Waals surface area contributed by atoms with E-state index in [1.54, 1.807) is 6.20 Å². The van der Waals surface area contributed by atoms with Crippen LogP contribution in [0.2, 0.25) is 0 Å². The van der Waals surface area contributed by atoms with Crippen LogP contribution in [0.3, 0.4) is 0 Å². The van der Waals surface area contributed by atoms with E-state index in [0.29, 0.717) is 24.4 Å². The maximum Gasteiger partial charge on any atom is 0.234 e. The van der Waals surface area contributed by atoms with Crippen LogP contribution < -0.4 is 15.4 Å². The molecule has 2 N–H and O–H groups in total. The Morgan fingerprint density at radius 1 is 1.35 bits per heavy atom. The van der Waals surface area contributed by atoms with Crippen LogP contribution in [0.15, 0.2) is 12.4 Å². The van der Waals surface area contributed by atoms with Gasteiger partial charge in [0.1, 0.15) is 0 Å². The number of nitrogens with two attached hydrogens (primary N) is 1. The highest BCUT2D eigenvalue weighted by atomic mass is 16.5. The number of rotatable bonds is 7. The third-order valence-electron chi connectivity index (χ3n) is 4.01. The van der Waals surface area contributed by atoms with E-state index in [-0.39, 0.29) is 0 Å². The molecule has 1 aliphatic carbocycles. The van der Waals surface area contributed by atoms with Gasteiger partial charge >= 0.3 is 0 Å². The number of hydrogen-bond acceptors (Lipinski definition) is 5. The van der Waals surface area contributed by atoms with Gasteiger partial charge in [-0.25, -0.2) is 0 Å². The van der Waals surface area contributed by atoms with Crippen LogP contribution in [0.1, 0.15) is 39.5 Å². The maximum atomic E-state index is 5.90. The Morgan fingerprint density at radius 3 is 2.90 bits per heavy atom. The molecule has 1 saturated carbocycles. The van der Waals surface area contributed by atoms with Crippen molar-refractivity contribution in [3.8, 4) is 5.88 Å². The van der Waals surface area contributed by atoms with Crippen molar-refractivity contribution in [1.82, 2.24) is 9.97 Å². The van der Waals surface area contributed by atoms with E-state index >= 15 is 0 Å². The average Bonchev–Trinajstić information content (AvgIpc) is 2.95. The van der Waals surface area contributed by atoms with E-state index in [1.165, 1.54) is 19.3 Å². The Morgan fingerprint density at radius 2 is 2.20 bits per heavy atom. The van der Waals surface area contributed by atoms with E-state index in [1.807, 2.05) is 6.20 Å². The topological polar surface area (TPSA) is 64.3 Å². The molecule has 0 radical (unpaired) electrons. The number of anilines is 1. The highest BCUT2D eigenvalue weighted by Gasteiger charge is 2.31. The van der Waals surface area contributed by atoms with Crippen molar-refractivity contribution >= 4 is 5.82 Å². The molecule has 1 aliphatic rings. The summed E-state index contributed by atoms with van der Waals surface area (Å²) in [4.78, 5) is 11.2. The molecule has 1 aromatic heterocycles. The van der Waals surface area contributed by atoms with Crippen molar-refractivity contribution in [2.45, 2.75) is 45.6 Å². The van der Waals surface area contributed by atoms with Crippen LogP contribution in [0.25, 0.3) is 0 Å². The fraction of sp³-hybridized carbons (Fsp3) is 0.733. The lowest BCUT2D eigenvalue weighted by molar-refractivity contribution is 0.303. The smallest absolute Gasteiger partial charge is 0.234 e. The average molecular weight is 278 g/mol. The number of nitrogens with zero attached hydrogens (tertiary/aromatic N) is 3. The second-order valence-corrected chi connectivity index (χ2v) is 5.34. The van der Waals surface area contributed by atoms with Gasteiger partial charge in [-0.3, -0.25) is 4.98 Å². The summed E-state index contributed by atoms with van der Waals surface area (Å²) in [6, 6.07) is 0.487. The van der Waals surface area contributed by atoms with Gasteiger partial charge in [-0.15, -0.1) is 0 Å². The molecule has 1 fully saturated rings. The molecule has 0 amide bonds. The third-order valence-corrected chi connectivity index (χ3v) is 4.01. The molecule has 1 heterocycles. The summed E-state index contributed by atoms with van der Waals surface area (Å²) < 4.78 is 5.58. The third kappa shape index (κ3) is 3.39. The van der Waals surface area contributed by atoms with Crippen molar-refractivity contribution in [2.24, 2.45) is 11.7 Å². The second kappa shape index (κ2) is 7.43. The minimum absolute atomic E-state index is 0.487. The zero-order chi connectivity index (χ0) is 14.4. The van der Waals surface area contributed by atoms with Crippen molar-refractivity contribution in [3.05, 3.63) is 12.4 Å². The predicted molar refractivity (Wildman–Crippen MR) is 81.0 cm³/mol. The number of hydrogen-bond donors (Lipinski definition) is 1. The molecule has 0 aromatic carbocycles. The maximum absolute atomic E-state index is 5.90. The molecular weight excluding hydrogens is 252 g/mol. The summed E-state index contributed by atoms with van der Waals surface area (Å²) in [5, 5.41) is 0. The van der Waals surface area contributed by atoms with Gasteiger partial charge in [0.15, 0.2) is 5.82 Å². The largest absolute Gasteiger partial charge is 0.477 e. The first-order valence-electron chi connectivity index (χ1n) is 7.71. The first-order chi connectivity index (χ1) is 9.80. The molecular formula is C15H26N4O. The Hall–Kier alpha value is -1.36. The Bertz CT molecular complexity index is 413. The van der Waals surface area contributed by atoms with Crippen molar-refractivity contribution in [3.63, 3.8) is 0 Å². The van der Waals surface area contributed by atoms with Crippen molar-refractivity contribution < 1.29 is 4.74 Å². The fourth-order valence-electron chi connectivity index (χ4n) is 3.02. The highest BCUT2D eigenvalue weighted by Crippen LogP contribution is 2.31. The SMILES string of the molecule is CCCOc1cncc(N(CC)C2CCCC2CN)n1. The van der Waals surface area contributed by atoms with E-state index < -0.39 is 0 Å². The summed E-state index contributed by atoms with van der Waals surface area (Å²) in [6.45, 7) is 6.60. The molecule has 0 aliphatic heterocycles. The first kappa shape index (κ1) is 15.0. The lowest BCUT2D eigenvalue weighted by atomic mass is 10.0. The fourth-order valence-corrected chi connectivity index (χ4v) is 3.02. The monoisotopic (exact) mass is 278 g/mol. The Labute approximate surface area is 121 Å². The van der Waals surface area contributed by atoms with Crippen LogP contribution in [-0.2, 0) is 0 Å². The quantitative estimate of drug-likeness (QED) is 0.828. The predicted octanol–water partition coefficient (Wildman–Crippen LogP) is 2.22. The molecule has 2 atom stereocenters. The molecule has 0 spiro atoms. The normalized spacial score (nSPS) is 21.9. The second-order valence-electron chi connectivity index (χ2n) is 5.34. The molecule has 2 rings (SSSR count). The van der Waals surface area contributed by atoms with Crippen LogP contribution in [-0.4, -0.2) is 35.7 Å². The zero-order valence-corrected chi connectivity index (χ0v) is 12.6. The summed E-state index contributed by atoms with van der Waals surface area (Å²) in [5.74, 6) is 2.09. The van der Waals surface area contributed by atoms with Gasteiger partial charge in [0.2, 0.25) is 5.88 Å². The van der Waals surface area contributed by atoms with Crippen LogP contribution in [0.4, 0.5) is 5.82 Å². The van der Waals surface area contributed by atoms with Crippen LogP contribution >= 0.6 is 0 Å². The lowest BCUT2D eigenvalue weighted by Crippen LogP contribution is -2.41. The van der Waals surface area contributed by atoms with Gasteiger partial charge in [0.25, 0.3) is 0 Å². The minimum Gasteiger partial charge on any atom is -0.477 e. The molecule has 2 unspecified atom stereocenters. The molecule has 1 aromatic rings. The van der Waals surface area contributed by atoms with Crippen LogP contribution in [0.5, 0.6) is 5.88 Å². The lowest BCUT2D eigenvalue weighted by Gasteiger charge is -2.32. The molecule has 0 bridgehead atoms. The van der Waals surface area contributed by atoms with Crippen LogP contribution in [0, 0.1) is 5.92 Å². The summed E-state index contributed by atoms with van der Waals surface area (Å²) in [7, 11) is 0.